The van der Waals surface area contributed by atoms with Crippen LogP contribution in [-0.2, 0) is 11.2 Å². The second-order valence-corrected chi connectivity index (χ2v) is 6.27. The van der Waals surface area contributed by atoms with E-state index in [4.69, 9.17) is 10.5 Å². The van der Waals surface area contributed by atoms with Gasteiger partial charge in [0.05, 0.1) is 18.5 Å². The lowest BCUT2D eigenvalue weighted by Gasteiger charge is -2.26. The summed E-state index contributed by atoms with van der Waals surface area (Å²) in [5.41, 5.74) is 7.71. The highest BCUT2D eigenvalue weighted by Crippen LogP contribution is 2.39. The lowest BCUT2D eigenvalue weighted by molar-refractivity contribution is 0.0455. The van der Waals surface area contributed by atoms with E-state index < -0.39 is 0 Å². The zero-order chi connectivity index (χ0) is 11.0. The smallest absolute Gasteiger partial charge is 0.0611 e. The Bertz CT molecular complexity index is 385. The van der Waals surface area contributed by atoms with Gasteiger partial charge in [-0.05, 0) is 30.9 Å². The molecule has 0 bridgehead atoms. The highest BCUT2D eigenvalue weighted by Gasteiger charge is 2.38. The van der Waals surface area contributed by atoms with Crippen LogP contribution in [0, 0.1) is 0 Å². The van der Waals surface area contributed by atoms with Crippen molar-refractivity contribution < 1.29 is 4.74 Å². The SMILES string of the molecule is NC1(Cc2ccccc2SC2COC2)CC1. The second kappa shape index (κ2) is 4.06. The summed E-state index contributed by atoms with van der Waals surface area (Å²) in [5, 5.41) is 0.647. The van der Waals surface area contributed by atoms with Gasteiger partial charge in [0, 0.05) is 10.4 Å². The largest absolute Gasteiger partial charge is 0.379 e. The van der Waals surface area contributed by atoms with Crippen molar-refractivity contribution in [3.63, 3.8) is 0 Å². The molecule has 0 atom stereocenters. The monoisotopic (exact) mass is 235 g/mol. The van der Waals surface area contributed by atoms with E-state index in [-0.39, 0.29) is 5.54 Å². The first-order valence-electron chi connectivity index (χ1n) is 5.86. The van der Waals surface area contributed by atoms with Crippen LogP contribution >= 0.6 is 11.8 Å². The van der Waals surface area contributed by atoms with Crippen molar-refractivity contribution in [2.45, 2.75) is 34.9 Å². The van der Waals surface area contributed by atoms with E-state index in [2.05, 4.69) is 24.3 Å². The fraction of sp³-hybridized carbons (Fsp3) is 0.538. The molecule has 0 amide bonds. The van der Waals surface area contributed by atoms with Gasteiger partial charge in [-0.1, -0.05) is 18.2 Å². The zero-order valence-corrected chi connectivity index (χ0v) is 10.1. The highest BCUT2D eigenvalue weighted by atomic mass is 32.2. The summed E-state index contributed by atoms with van der Waals surface area (Å²) in [7, 11) is 0. The predicted molar refractivity (Wildman–Crippen MR) is 66.8 cm³/mol. The number of ether oxygens (including phenoxy) is 1. The normalized spacial score (nSPS) is 22.8. The zero-order valence-electron chi connectivity index (χ0n) is 9.32. The molecule has 2 fully saturated rings. The molecule has 3 rings (SSSR count). The first-order valence-corrected chi connectivity index (χ1v) is 6.74. The van der Waals surface area contributed by atoms with Crippen molar-refractivity contribution in [1.82, 2.24) is 0 Å². The molecule has 3 heteroatoms. The van der Waals surface area contributed by atoms with Gasteiger partial charge in [0.25, 0.3) is 0 Å². The third kappa shape index (κ3) is 2.26. The summed E-state index contributed by atoms with van der Waals surface area (Å²) >= 11 is 1.94. The molecule has 0 unspecified atom stereocenters. The van der Waals surface area contributed by atoms with Crippen molar-refractivity contribution in [3.8, 4) is 0 Å². The molecule has 1 saturated heterocycles. The lowest BCUT2D eigenvalue weighted by atomic mass is 10.1. The van der Waals surface area contributed by atoms with Crippen molar-refractivity contribution in [2.24, 2.45) is 5.73 Å². The van der Waals surface area contributed by atoms with Gasteiger partial charge in [-0.3, -0.25) is 0 Å². The number of hydrogen-bond acceptors (Lipinski definition) is 3. The predicted octanol–water partition coefficient (Wildman–Crippen LogP) is 2.21. The maximum absolute atomic E-state index is 6.19. The average molecular weight is 235 g/mol. The first-order chi connectivity index (χ1) is 7.75. The molecular weight excluding hydrogens is 218 g/mol. The molecule has 0 spiro atoms. The van der Waals surface area contributed by atoms with E-state index in [9.17, 15) is 0 Å². The summed E-state index contributed by atoms with van der Waals surface area (Å²) in [6.07, 6.45) is 3.39. The van der Waals surface area contributed by atoms with Crippen LogP contribution in [0.1, 0.15) is 18.4 Å². The molecule has 1 saturated carbocycles. The molecule has 86 valence electrons. The Morgan fingerprint density at radius 3 is 2.69 bits per heavy atom. The van der Waals surface area contributed by atoms with Gasteiger partial charge < -0.3 is 10.5 Å². The lowest BCUT2D eigenvalue weighted by Crippen LogP contribution is -2.30. The number of nitrogens with two attached hydrogens (primary N) is 1. The Morgan fingerprint density at radius 2 is 2.06 bits per heavy atom. The van der Waals surface area contributed by atoms with Crippen LogP contribution in [0.3, 0.4) is 0 Å². The molecule has 2 nitrogen and oxygen atoms in total. The number of benzene rings is 1. The molecule has 2 N–H and O–H groups in total. The fourth-order valence-corrected chi connectivity index (χ4v) is 3.08. The van der Waals surface area contributed by atoms with Crippen molar-refractivity contribution >= 4 is 11.8 Å². The quantitative estimate of drug-likeness (QED) is 0.869. The molecule has 0 radical (unpaired) electrons. The summed E-state index contributed by atoms with van der Waals surface area (Å²) in [5.74, 6) is 0. The van der Waals surface area contributed by atoms with Crippen LogP contribution in [0.25, 0.3) is 0 Å². The molecule has 1 aromatic rings. The van der Waals surface area contributed by atoms with Crippen LogP contribution in [0.15, 0.2) is 29.2 Å². The summed E-state index contributed by atoms with van der Waals surface area (Å²) in [4.78, 5) is 1.40. The van der Waals surface area contributed by atoms with Crippen LogP contribution < -0.4 is 5.73 Å². The van der Waals surface area contributed by atoms with Crippen LogP contribution in [0.4, 0.5) is 0 Å². The molecule has 16 heavy (non-hydrogen) atoms. The van der Waals surface area contributed by atoms with Crippen molar-refractivity contribution in [1.29, 1.82) is 0 Å². The summed E-state index contributed by atoms with van der Waals surface area (Å²) in [6.45, 7) is 1.79. The fourth-order valence-electron chi connectivity index (χ4n) is 1.94. The molecule has 1 aliphatic heterocycles. The van der Waals surface area contributed by atoms with Crippen LogP contribution in [0.5, 0.6) is 0 Å². The molecule has 1 aromatic carbocycles. The Kier molecular flexibility index (Phi) is 2.70. The highest BCUT2D eigenvalue weighted by molar-refractivity contribution is 8.00. The Labute approximate surface area is 101 Å². The van der Waals surface area contributed by atoms with Crippen molar-refractivity contribution in [3.05, 3.63) is 29.8 Å². The molecule has 0 aromatic heterocycles. The van der Waals surface area contributed by atoms with E-state index in [0.717, 1.165) is 19.6 Å². The number of hydrogen-bond donors (Lipinski definition) is 1. The van der Waals surface area contributed by atoms with Gasteiger partial charge in [-0.2, -0.15) is 0 Å². The van der Waals surface area contributed by atoms with E-state index in [1.807, 2.05) is 11.8 Å². The summed E-state index contributed by atoms with van der Waals surface area (Å²) < 4.78 is 5.21. The second-order valence-electron chi connectivity index (χ2n) is 4.92. The molecule has 2 aliphatic rings. The minimum absolute atomic E-state index is 0.104. The summed E-state index contributed by atoms with van der Waals surface area (Å²) in [6, 6.07) is 8.66. The minimum Gasteiger partial charge on any atom is -0.379 e. The third-order valence-corrected chi connectivity index (χ3v) is 4.57. The van der Waals surface area contributed by atoms with E-state index in [1.165, 1.54) is 23.3 Å². The van der Waals surface area contributed by atoms with Gasteiger partial charge in [0.2, 0.25) is 0 Å². The number of rotatable bonds is 4. The Balaban J connectivity index is 1.74. The number of thioether (sulfide) groups is 1. The van der Waals surface area contributed by atoms with Crippen molar-refractivity contribution in [2.75, 3.05) is 13.2 Å². The topological polar surface area (TPSA) is 35.2 Å². The maximum Gasteiger partial charge on any atom is 0.0611 e. The van der Waals surface area contributed by atoms with Gasteiger partial charge in [-0.15, -0.1) is 11.8 Å². The van der Waals surface area contributed by atoms with Gasteiger partial charge in [0.1, 0.15) is 0 Å². The Hall–Kier alpha value is -0.510. The van der Waals surface area contributed by atoms with Gasteiger partial charge in [-0.25, -0.2) is 0 Å². The van der Waals surface area contributed by atoms with Crippen LogP contribution in [-0.4, -0.2) is 24.0 Å². The van der Waals surface area contributed by atoms with Crippen LogP contribution in [0.2, 0.25) is 0 Å². The maximum atomic E-state index is 6.19. The molecular formula is C13H17NOS. The van der Waals surface area contributed by atoms with E-state index in [1.54, 1.807) is 0 Å². The standard InChI is InChI=1S/C13H17NOS/c14-13(5-6-13)7-10-3-1-2-4-12(10)16-11-8-15-9-11/h1-4,11H,5-9,14H2. The molecule has 1 heterocycles. The van der Waals surface area contributed by atoms with E-state index in [0.29, 0.717) is 5.25 Å². The van der Waals surface area contributed by atoms with Gasteiger partial charge >= 0.3 is 0 Å². The van der Waals surface area contributed by atoms with Gasteiger partial charge in [0.15, 0.2) is 0 Å². The minimum atomic E-state index is 0.104. The molecule has 1 aliphatic carbocycles. The first kappa shape index (κ1) is 10.6. The Morgan fingerprint density at radius 1 is 1.31 bits per heavy atom. The average Bonchev–Trinajstić information content (AvgIpc) is 2.92. The van der Waals surface area contributed by atoms with E-state index >= 15 is 0 Å². The third-order valence-electron chi connectivity index (χ3n) is 3.31.